The Labute approximate surface area is 122 Å². The number of methoxy groups -OCH3 is 1. The van der Waals surface area contributed by atoms with Crippen LogP contribution in [0, 0.1) is 5.92 Å². The van der Waals surface area contributed by atoms with Crippen molar-refractivity contribution in [3.8, 4) is 0 Å². The van der Waals surface area contributed by atoms with Crippen LogP contribution < -0.4 is 11.1 Å². The average Bonchev–Trinajstić information content (AvgIpc) is 2.35. The molecule has 0 rings (SSSR count). The van der Waals surface area contributed by atoms with Gasteiger partial charge in [-0.25, -0.2) is 0 Å². The van der Waals surface area contributed by atoms with Gasteiger partial charge in [-0.1, -0.05) is 19.8 Å². The van der Waals surface area contributed by atoms with Crippen molar-refractivity contribution < 1.29 is 14.3 Å². The van der Waals surface area contributed by atoms with Crippen LogP contribution in [0.4, 0.5) is 0 Å². The van der Waals surface area contributed by atoms with E-state index in [4.69, 9.17) is 5.73 Å². The van der Waals surface area contributed by atoms with Gasteiger partial charge < -0.3 is 15.8 Å². The number of nitrogens with one attached hydrogen (secondary N) is 1. The number of carbonyl (C=O) groups is 2. The largest absolute Gasteiger partial charge is 0.469 e. The van der Waals surface area contributed by atoms with Crippen molar-refractivity contribution in [1.29, 1.82) is 0 Å². The third-order valence-corrected chi connectivity index (χ3v) is 3.04. The molecule has 1 amide bonds. The van der Waals surface area contributed by atoms with E-state index in [-0.39, 0.29) is 36.2 Å². The molecule has 0 aromatic carbocycles. The van der Waals surface area contributed by atoms with Gasteiger partial charge in [0.25, 0.3) is 0 Å². The second kappa shape index (κ2) is 12.2. The lowest BCUT2D eigenvalue weighted by Crippen LogP contribution is -2.38. The molecule has 0 aliphatic carbocycles. The lowest BCUT2D eigenvalue weighted by atomic mass is 10.0. The number of rotatable bonds is 9. The molecule has 2 unspecified atom stereocenters. The summed E-state index contributed by atoms with van der Waals surface area (Å²) in [5.74, 6) is -0.294. The number of amides is 1. The molecule has 2 atom stereocenters. The normalized spacial score (nSPS) is 13.1. The van der Waals surface area contributed by atoms with Gasteiger partial charge >= 0.3 is 5.97 Å². The molecule has 0 saturated heterocycles. The zero-order valence-electron chi connectivity index (χ0n) is 12.1. The van der Waals surface area contributed by atoms with Crippen LogP contribution >= 0.6 is 12.4 Å². The van der Waals surface area contributed by atoms with Crippen molar-refractivity contribution in [2.75, 3.05) is 13.7 Å². The maximum atomic E-state index is 11.5. The van der Waals surface area contributed by atoms with Gasteiger partial charge in [0.1, 0.15) is 0 Å². The number of ether oxygens (including phenoxy) is 1. The molecule has 0 fully saturated rings. The summed E-state index contributed by atoms with van der Waals surface area (Å²) in [6, 6.07) is -0.120. The van der Waals surface area contributed by atoms with Crippen molar-refractivity contribution in [1.82, 2.24) is 5.32 Å². The molecular weight excluding hydrogens is 268 g/mol. The van der Waals surface area contributed by atoms with Crippen LogP contribution in [0.3, 0.4) is 0 Å². The van der Waals surface area contributed by atoms with E-state index in [1.54, 1.807) is 0 Å². The highest BCUT2D eigenvalue weighted by molar-refractivity contribution is 5.85. The van der Waals surface area contributed by atoms with Crippen molar-refractivity contribution in [3.63, 3.8) is 0 Å². The molecule has 0 aromatic rings. The van der Waals surface area contributed by atoms with Crippen LogP contribution in [0.2, 0.25) is 0 Å². The Bertz CT molecular complexity index is 260. The zero-order valence-corrected chi connectivity index (χ0v) is 12.9. The number of halogens is 1. The molecule has 0 aromatic heterocycles. The predicted octanol–water partition coefficient (Wildman–Crippen LogP) is 1.63. The van der Waals surface area contributed by atoms with Crippen molar-refractivity contribution in [2.45, 2.75) is 52.0 Å². The van der Waals surface area contributed by atoms with E-state index in [2.05, 4.69) is 10.1 Å². The Hall–Kier alpha value is -0.810. The smallest absolute Gasteiger partial charge is 0.305 e. The van der Waals surface area contributed by atoms with Crippen molar-refractivity contribution in [2.24, 2.45) is 11.7 Å². The third kappa shape index (κ3) is 10.8. The fourth-order valence-electron chi connectivity index (χ4n) is 1.46. The summed E-state index contributed by atoms with van der Waals surface area (Å²) < 4.78 is 4.55. The molecule has 0 heterocycles. The second-order valence-corrected chi connectivity index (χ2v) is 4.68. The van der Waals surface area contributed by atoms with Crippen LogP contribution in [-0.2, 0) is 14.3 Å². The minimum absolute atomic E-state index is 0. The summed E-state index contributed by atoms with van der Waals surface area (Å²) in [6.07, 6.45) is 4.23. The molecule has 0 spiro atoms. The van der Waals surface area contributed by atoms with Crippen molar-refractivity contribution in [3.05, 3.63) is 0 Å². The van der Waals surface area contributed by atoms with E-state index in [9.17, 15) is 9.59 Å². The minimum atomic E-state index is -0.158. The van der Waals surface area contributed by atoms with Crippen LogP contribution in [0.25, 0.3) is 0 Å². The van der Waals surface area contributed by atoms with Crippen LogP contribution in [-0.4, -0.2) is 31.6 Å². The summed E-state index contributed by atoms with van der Waals surface area (Å²) >= 11 is 0. The molecule has 5 nitrogen and oxygen atoms in total. The van der Waals surface area contributed by atoms with Crippen molar-refractivity contribution >= 4 is 24.3 Å². The molecule has 114 valence electrons. The number of hydrogen-bond donors (Lipinski definition) is 2. The van der Waals surface area contributed by atoms with E-state index < -0.39 is 0 Å². The zero-order chi connectivity index (χ0) is 14.0. The van der Waals surface area contributed by atoms with Gasteiger partial charge in [-0.2, -0.15) is 0 Å². The molecule has 3 N–H and O–H groups in total. The van der Waals surface area contributed by atoms with E-state index in [1.807, 2.05) is 13.8 Å². The van der Waals surface area contributed by atoms with Gasteiger partial charge in [-0.15, -0.1) is 12.4 Å². The average molecular weight is 295 g/mol. The highest BCUT2D eigenvalue weighted by atomic mass is 35.5. The number of esters is 1. The molecular formula is C13H27ClN2O3. The number of nitrogens with two attached hydrogens (primary N) is 1. The highest BCUT2D eigenvalue weighted by Crippen LogP contribution is 2.04. The standard InChI is InChI=1S/C13H26N2O3.ClH/c1-10(11(2)14)13(17)15-9-7-5-4-6-8-12(16)18-3;/h10-11H,4-9,14H2,1-3H3,(H,15,17);1H. The first-order valence-corrected chi connectivity index (χ1v) is 6.59. The highest BCUT2D eigenvalue weighted by Gasteiger charge is 2.15. The van der Waals surface area contributed by atoms with Gasteiger partial charge in [-0.3, -0.25) is 9.59 Å². The summed E-state index contributed by atoms with van der Waals surface area (Å²) in [7, 11) is 1.40. The van der Waals surface area contributed by atoms with E-state index in [0.29, 0.717) is 13.0 Å². The molecule has 0 aliphatic heterocycles. The first kappa shape index (κ1) is 20.5. The lowest BCUT2D eigenvalue weighted by molar-refractivity contribution is -0.140. The van der Waals surface area contributed by atoms with Gasteiger partial charge in [0.2, 0.25) is 5.91 Å². The molecule has 0 radical (unpaired) electrons. The summed E-state index contributed by atoms with van der Waals surface area (Å²) in [5.41, 5.74) is 5.64. The fourth-order valence-corrected chi connectivity index (χ4v) is 1.46. The maximum Gasteiger partial charge on any atom is 0.305 e. The van der Waals surface area contributed by atoms with E-state index >= 15 is 0 Å². The monoisotopic (exact) mass is 294 g/mol. The second-order valence-electron chi connectivity index (χ2n) is 4.68. The van der Waals surface area contributed by atoms with Crippen LogP contribution in [0.15, 0.2) is 0 Å². The Morgan fingerprint density at radius 1 is 1.16 bits per heavy atom. The van der Waals surface area contributed by atoms with E-state index in [0.717, 1.165) is 25.7 Å². The van der Waals surface area contributed by atoms with Gasteiger partial charge in [0.15, 0.2) is 0 Å². The van der Waals surface area contributed by atoms with Gasteiger partial charge in [-0.05, 0) is 19.8 Å². The fraction of sp³-hybridized carbons (Fsp3) is 0.846. The molecule has 19 heavy (non-hydrogen) atoms. The Morgan fingerprint density at radius 2 is 1.74 bits per heavy atom. The van der Waals surface area contributed by atoms with Gasteiger partial charge in [0.05, 0.1) is 7.11 Å². The Kier molecular flexibility index (Phi) is 13.2. The number of carbonyl (C=O) groups excluding carboxylic acids is 2. The number of hydrogen-bond acceptors (Lipinski definition) is 4. The minimum Gasteiger partial charge on any atom is -0.469 e. The Morgan fingerprint density at radius 3 is 2.26 bits per heavy atom. The molecule has 0 aliphatic rings. The molecule has 0 saturated carbocycles. The number of unbranched alkanes of at least 4 members (excludes halogenated alkanes) is 3. The van der Waals surface area contributed by atoms with Crippen LogP contribution in [0.5, 0.6) is 0 Å². The predicted molar refractivity (Wildman–Crippen MR) is 78.2 cm³/mol. The topological polar surface area (TPSA) is 81.4 Å². The van der Waals surface area contributed by atoms with E-state index in [1.165, 1.54) is 7.11 Å². The Balaban J connectivity index is 0. The van der Waals surface area contributed by atoms with Crippen LogP contribution in [0.1, 0.15) is 46.0 Å². The molecule has 0 bridgehead atoms. The SMILES string of the molecule is COC(=O)CCCCCCNC(=O)C(C)C(C)N.Cl. The summed E-state index contributed by atoms with van der Waals surface area (Å²) in [5, 5.41) is 2.86. The first-order valence-electron chi connectivity index (χ1n) is 6.59. The quantitative estimate of drug-likeness (QED) is 0.500. The maximum absolute atomic E-state index is 11.5. The summed E-state index contributed by atoms with van der Waals surface area (Å²) in [6.45, 7) is 4.33. The third-order valence-electron chi connectivity index (χ3n) is 3.04. The summed E-state index contributed by atoms with van der Waals surface area (Å²) in [4.78, 5) is 22.4. The van der Waals surface area contributed by atoms with Gasteiger partial charge in [0, 0.05) is 24.9 Å². The lowest BCUT2D eigenvalue weighted by Gasteiger charge is -2.15. The first-order chi connectivity index (χ1) is 8.49. The molecule has 6 heteroatoms.